The molecule has 50 heavy (non-hydrogen) atoms. The number of aryl methyl sites for hydroxylation is 3. The van der Waals surface area contributed by atoms with Crippen LogP contribution in [0.5, 0.6) is 0 Å². The maximum Gasteiger partial charge on any atom is 0.220 e. The maximum atomic E-state index is 13.0. The van der Waals surface area contributed by atoms with E-state index >= 15 is 0 Å². The van der Waals surface area contributed by atoms with Crippen LogP contribution in [0, 0.1) is 6.92 Å². The highest BCUT2D eigenvalue weighted by Gasteiger charge is 2.22. The molecule has 3 N–H and O–H groups in total. The predicted octanol–water partition coefficient (Wildman–Crippen LogP) is 6.28. The van der Waals surface area contributed by atoms with Crippen LogP contribution in [0.4, 0.5) is 5.69 Å². The Morgan fingerprint density at radius 2 is 1.68 bits per heavy atom. The van der Waals surface area contributed by atoms with Gasteiger partial charge in [-0.25, -0.2) is 9.67 Å². The Balaban J connectivity index is 1.04. The summed E-state index contributed by atoms with van der Waals surface area (Å²) in [6, 6.07) is 15.5. The van der Waals surface area contributed by atoms with E-state index in [4.69, 9.17) is 9.72 Å². The molecule has 0 aliphatic carbocycles. The molecule has 2 fully saturated rings. The Hall–Kier alpha value is -4.28. The molecule has 0 atom stereocenters. The summed E-state index contributed by atoms with van der Waals surface area (Å²) in [7, 11) is 0. The average molecular weight is 680 g/mol. The maximum absolute atomic E-state index is 13.0. The summed E-state index contributed by atoms with van der Waals surface area (Å²) in [4.78, 5) is 33.4. The third-order valence-corrected chi connectivity index (χ3v) is 10.1. The van der Waals surface area contributed by atoms with Crippen molar-refractivity contribution in [2.24, 2.45) is 0 Å². The molecule has 0 spiro atoms. The fraction of sp³-hybridized carbons (Fsp3) is 0.500. The summed E-state index contributed by atoms with van der Waals surface area (Å²) in [6.07, 6.45) is 8.58. The van der Waals surface area contributed by atoms with Crippen LogP contribution in [0.25, 0.3) is 22.2 Å². The zero-order valence-corrected chi connectivity index (χ0v) is 30.0. The molecule has 2 aliphatic rings. The smallest absolute Gasteiger partial charge is 0.220 e. The van der Waals surface area contributed by atoms with Gasteiger partial charge in [0.2, 0.25) is 11.8 Å². The molecule has 2 aromatic carbocycles. The van der Waals surface area contributed by atoms with Crippen LogP contribution in [0.1, 0.15) is 86.7 Å². The Bertz CT molecular complexity index is 1770. The second-order valence-electron chi connectivity index (χ2n) is 13.7. The van der Waals surface area contributed by atoms with Gasteiger partial charge in [0, 0.05) is 69.5 Å². The number of piperidine rings is 1. The highest BCUT2D eigenvalue weighted by atomic mass is 16.5. The number of rotatable bonds is 14. The van der Waals surface area contributed by atoms with E-state index in [0.29, 0.717) is 13.1 Å². The van der Waals surface area contributed by atoms with E-state index in [1.165, 1.54) is 54.6 Å². The summed E-state index contributed by atoms with van der Waals surface area (Å²) in [5.41, 5.74) is 9.72. The van der Waals surface area contributed by atoms with Gasteiger partial charge in [-0.2, -0.15) is 5.10 Å². The lowest BCUT2D eigenvalue weighted by Crippen LogP contribution is -2.30. The van der Waals surface area contributed by atoms with Crippen molar-refractivity contribution in [3.8, 4) is 11.1 Å². The molecule has 10 nitrogen and oxygen atoms in total. The average Bonchev–Trinajstić information content (AvgIpc) is 3.57. The SMILES string of the molecule is CCc1nc2c(cnn2CC)c(NC2CCOCC2)c1CNC(=O)CCC(=O)NCc1ccc(C)c(-c2cccc(CN3CCCCC3)c2)c1. The topological polar surface area (TPSA) is 113 Å². The molecule has 2 saturated heterocycles. The number of benzene rings is 2. The Morgan fingerprint density at radius 3 is 2.42 bits per heavy atom. The van der Waals surface area contributed by atoms with Crippen LogP contribution >= 0.6 is 0 Å². The molecule has 0 unspecified atom stereocenters. The summed E-state index contributed by atoms with van der Waals surface area (Å²) >= 11 is 0. The first kappa shape index (κ1) is 35.5. The molecule has 0 radical (unpaired) electrons. The second-order valence-corrected chi connectivity index (χ2v) is 13.7. The number of nitrogens with zero attached hydrogens (tertiary/aromatic N) is 4. The zero-order valence-electron chi connectivity index (χ0n) is 30.0. The molecule has 4 aromatic rings. The van der Waals surface area contributed by atoms with Crippen molar-refractivity contribution < 1.29 is 14.3 Å². The van der Waals surface area contributed by atoms with Gasteiger partial charge in [-0.15, -0.1) is 0 Å². The molecular weight excluding hydrogens is 626 g/mol. The first-order chi connectivity index (χ1) is 24.4. The van der Waals surface area contributed by atoms with Crippen LogP contribution in [-0.4, -0.2) is 63.8 Å². The highest BCUT2D eigenvalue weighted by Crippen LogP contribution is 2.31. The number of ether oxygens (including phenoxy) is 1. The van der Waals surface area contributed by atoms with Crippen molar-refractivity contribution in [1.29, 1.82) is 0 Å². The van der Waals surface area contributed by atoms with Crippen LogP contribution in [-0.2, 0) is 46.9 Å². The first-order valence-corrected chi connectivity index (χ1v) is 18.6. The van der Waals surface area contributed by atoms with Crippen molar-refractivity contribution in [2.75, 3.05) is 31.6 Å². The standard InChI is InChI=1S/C40H53N7O3/c1-4-36-34(39(44-32-16-20-50-21-17-32)35-26-43-47(5-2)40(35)45-36)25-42-38(49)15-14-37(48)41-24-29-13-12-28(3)33(23-29)31-11-9-10-30(22-31)27-46-18-7-6-8-19-46/h9-13,22-23,26,32H,4-8,14-21,24-25,27H2,1-3H3,(H,41,48)(H,42,49)(H,44,45). The molecule has 0 saturated carbocycles. The third kappa shape index (κ3) is 8.89. The zero-order chi connectivity index (χ0) is 34.9. The summed E-state index contributed by atoms with van der Waals surface area (Å²) in [5, 5.41) is 15.4. The fourth-order valence-electron chi connectivity index (χ4n) is 7.20. The van der Waals surface area contributed by atoms with Gasteiger partial charge in [0.05, 0.1) is 17.3 Å². The lowest BCUT2D eigenvalue weighted by atomic mass is 9.96. The molecule has 10 heteroatoms. The molecular formula is C40H53N7O3. The normalized spacial score (nSPS) is 15.7. The minimum Gasteiger partial charge on any atom is -0.381 e. The number of aromatic nitrogens is 3. The van der Waals surface area contributed by atoms with Gasteiger partial charge in [0.15, 0.2) is 5.65 Å². The number of fused-ring (bicyclic) bond motifs is 1. The Labute approximate surface area is 296 Å². The van der Waals surface area contributed by atoms with Crippen molar-refractivity contribution in [1.82, 2.24) is 30.3 Å². The van der Waals surface area contributed by atoms with Crippen molar-refractivity contribution in [3.63, 3.8) is 0 Å². The van der Waals surface area contributed by atoms with E-state index in [9.17, 15) is 9.59 Å². The first-order valence-electron chi connectivity index (χ1n) is 18.6. The third-order valence-electron chi connectivity index (χ3n) is 10.1. The van der Waals surface area contributed by atoms with Gasteiger partial charge in [0.1, 0.15) is 0 Å². The van der Waals surface area contributed by atoms with E-state index in [2.05, 4.69) is 89.2 Å². The number of amides is 2. The second kappa shape index (κ2) is 17.1. The van der Waals surface area contributed by atoms with E-state index in [1.807, 2.05) is 10.9 Å². The van der Waals surface area contributed by atoms with Gasteiger partial charge in [0.25, 0.3) is 0 Å². The quantitative estimate of drug-likeness (QED) is 0.144. The summed E-state index contributed by atoms with van der Waals surface area (Å²) < 4.78 is 7.50. The van der Waals surface area contributed by atoms with Crippen molar-refractivity contribution in [3.05, 3.63) is 76.6 Å². The number of hydrogen-bond donors (Lipinski definition) is 3. The molecule has 0 bridgehead atoms. The molecule has 2 aliphatic heterocycles. The van der Waals surface area contributed by atoms with E-state index in [1.54, 1.807) is 0 Å². The van der Waals surface area contributed by atoms with E-state index < -0.39 is 0 Å². The highest BCUT2D eigenvalue weighted by molar-refractivity contribution is 5.92. The van der Waals surface area contributed by atoms with Gasteiger partial charge in [-0.05, 0) is 99.0 Å². The number of carbonyl (C=O) groups excluding carboxylic acids is 2. The van der Waals surface area contributed by atoms with Crippen LogP contribution in [0.2, 0.25) is 0 Å². The molecule has 4 heterocycles. The Morgan fingerprint density at radius 1 is 0.920 bits per heavy atom. The number of anilines is 1. The lowest BCUT2D eigenvalue weighted by Gasteiger charge is -2.26. The monoisotopic (exact) mass is 679 g/mol. The lowest BCUT2D eigenvalue weighted by molar-refractivity contribution is -0.126. The van der Waals surface area contributed by atoms with Gasteiger partial charge in [-0.3, -0.25) is 14.5 Å². The summed E-state index contributed by atoms with van der Waals surface area (Å²) in [6.45, 7) is 12.5. The number of likely N-dealkylation sites (tertiary alicyclic amines) is 1. The number of hydrogen-bond acceptors (Lipinski definition) is 7. The number of pyridine rings is 1. The molecule has 2 amide bonds. The van der Waals surface area contributed by atoms with Crippen LogP contribution in [0.15, 0.2) is 48.7 Å². The Kier molecular flexibility index (Phi) is 12.1. The minimum atomic E-state index is -0.161. The molecule has 6 rings (SSSR count). The summed E-state index contributed by atoms with van der Waals surface area (Å²) in [5.74, 6) is -0.303. The van der Waals surface area contributed by atoms with Gasteiger partial charge < -0.3 is 20.7 Å². The van der Waals surface area contributed by atoms with Crippen LogP contribution in [0.3, 0.4) is 0 Å². The van der Waals surface area contributed by atoms with Gasteiger partial charge in [-0.1, -0.05) is 43.7 Å². The number of nitrogens with one attached hydrogen (secondary N) is 3. The van der Waals surface area contributed by atoms with E-state index in [0.717, 1.165) is 79.1 Å². The predicted molar refractivity (Wildman–Crippen MR) is 199 cm³/mol. The fourth-order valence-corrected chi connectivity index (χ4v) is 7.20. The molecule has 266 valence electrons. The largest absolute Gasteiger partial charge is 0.381 e. The van der Waals surface area contributed by atoms with Crippen LogP contribution < -0.4 is 16.0 Å². The van der Waals surface area contributed by atoms with Crippen molar-refractivity contribution >= 4 is 28.5 Å². The van der Waals surface area contributed by atoms with E-state index in [-0.39, 0.29) is 30.7 Å². The molecule has 2 aromatic heterocycles. The van der Waals surface area contributed by atoms with Crippen molar-refractivity contribution in [2.45, 2.75) is 104 Å². The number of carbonyl (C=O) groups is 2. The minimum absolute atomic E-state index is 0.114. The van der Waals surface area contributed by atoms with Gasteiger partial charge >= 0.3 is 0 Å².